The summed E-state index contributed by atoms with van der Waals surface area (Å²) >= 11 is 0. The van der Waals surface area contributed by atoms with Crippen LogP contribution in [-0.4, -0.2) is 16.3 Å². The minimum atomic E-state index is 0.260. The monoisotopic (exact) mass is 241 g/mol. The summed E-state index contributed by atoms with van der Waals surface area (Å²) in [5.74, 6) is 3.02. The van der Waals surface area contributed by atoms with E-state index in [4.69, 9.17) is 14.7 Å². The SMILES string of the molecule is N#CCn1c(C2CC2)nc2cc3c(cc21)OCO3. The number of nitrogens with zero attached hydrogens (tertiary/aromatic N) is 3. The van der Waals surface area contributed by atoms with E-state index in [0.717, 1.165) is 28.4 Å². The van der Waals surface area contributed by atoms with Crippen LogP contribution in [0.1, 0.15) is 24.6 Å². The first-order valence-electron chi connectivity index (χ1n) is 6.03. The minimum Gasteiger partial charge on any atom is -0.454 e. The maximum atomic E-state index is 8.96. The highest BCUT2D eigenvalue weighted by Gasteiger charge is 2.30. The Labute approximate surface area is 104 Å². The van der Waals surface area contributed by atoms with E-state index < -0.39 is 0 Å². The lowest BCUT2D eigenvalue weighted by Gasteiger charge is -2.03. The van der Waals surface area contributed by atoms with Crippen molar-refractivity contribution in [1.29, 1.82) is 5.26 Å². The van der Waals surface area contributed by atoms with Gasteiger partial charge in [-0.15, -0.1) is 0 Å². The van der Waals surface area contributed by atoms with Gasteiger partial charge in [0.05, 0.1) is 17.1 Å². The second kappa shape index (κ2) is 3.39. The highest BCUT2D eigenvalue weighted by Crippen LogP contribution is 2.42. The first-order chi connectivity index (χ1) is 8.86. The van der Waals surface area contributed by atoms with E-state index >= 15 is 0 Å². The van der Waals surface area contributed by atoms with Crippen molar-refractivity contribution in [3.63, 3.8) is 0 Å². The number of aromatic nitrogens is 2. The lowest BCUT2D eigenvalue weighted by atomic mass is 10.2. The largest absolute Gasteiger partial charge is 0.454 e. The Kier molecular flexibility index (Phi) is 1.84. The summed E-state index contributed by atoms with van der Waals surface area (Å²) in [5, 5.41) is 8.96. The topological polar surface area (TPSA) is 60.1 Å². The lowest BCUT2D eigenvalue weighted by Crippen LogP contribution is -2.01. The van der Waals surface area contributed by atoms with Crippen LogP contribution < -0.4 is 9.47 Å². The summed E-state index contributed by atoms with van der Waals surface area (Å²) < 4.78 is 12.7. The summed E-state index contributed by atoms with van der Waals surface area (Å²) in [6.45, 7) is 0.595. The summed E-state index contributed by atoms with van der Waals surface area (Å²) in [6, 6.07) is 6.03. The summed E-state index contributed by atoms with van der Waals surface area (Å²) in [6.07, 6.45) is 2.34. The molecule has 18 heavy (non-hydrogen) atoms. The average Bonchev–Trinajstić information content (AvgIpc) is 3.02. The van der Waals surface area contributed by atoms with Crippen molar-refractivity contribution in [2.45, 2.75) is 25.3 Å². The van der Waals surface area contributed by atoms with E-state index in [9.17, 15) is 0 Å². The number of fused-ring (bicyclic) bond motifs is 2. The minimum absolute atomic E-state index is 0.260. The number of benzene rings is 1. The first kappa shape index (κ1) is 9.77. The Hall–Kier alpha value is -2.22. The fourth-order valence-electron chi connectivity index (χ4n) is 2.42. The van der Waals surface area contributed by atoms with E-state index in [-0.39, 0.29) is 6.79 Å². The van der Waals surface area contributed by atoms with Gasteiger partial charge in [-0.25, -0.2) is 4.98 Å². The third kappa shape index (κ3) is 1.29. The van der Waals surface area contributed by atoms with Crippen LogP contribution in [-0.2, 0) is 6.54 Å². The molecule has 0 atom stereocenters. The fourth-order valence-corrected chi connectivity index (χ4v) is 2.42. The number of imidazole rings is 1. The van der Waals surface area contributed by atoms with Gasteiger partial charge in [0.2, 0.25) is 6.79 Å². The lowest BCUT2D eigenvalue weighted by molar-refractivity contribution is 0.174. The van der Waals surface area contributed by atoms with Crippen LogP contribution in [0, 0.1) is 11.3 Å². The Morgan fingerprint density at radius 1 is 1.33 bits per heavy atom. The number of rotatable bonds is 2. The molecule has 1 aliphatic heterocycles. The number of hydrogen-bond acceptors (Lipinski definition) is 4. The normalized spacial score (nSPS) is 17.1. The van der Waals surface area contributed by atoms with Crippen LogP contribution >= 0.6 is 0 Å². The Bertz CT molecular complexity index is 680. The Morgan fingerprint density at radius 2 is 2.11 bits per heavy atom. The second-order valence-electron chi connectivity index (χ2n) is 4.68. The summed E-state index contributed by atoms with van der Waals surface area (Å²) in [5.41, 5.74) is 1.85. The molecule has 0 N–H and O–H groups in total. The molecule has 0 radical (unpaired) electrons. The molecule has 0 saturated heterocycles. The standard InChI is InChI=1S/C13H11N3O2/c14-3-4-16-10-6-12-11(17-7-18-12)5-9(10)15-13(16)8-1-2-8/h5-6,8H,1-2,4,7H2. The molecule has 2 aromatic rings. The quantitative estimate of drug-likeness (QED) is 0.808. The van der Waals surface area contributed by atoms with Gasteiger partial charge in [-0.2, -0.15) is 5.26 Å². The van der Waals surface area contributed by atoms with Crippen molar-refractivity contribution in [1.82, 2.24) is 9.55 Å². The molecule has 1 saturated carbocycles. The molecule has 0 unspecified atom stereocenters. The number of hydrogen-bond donors (Lipinski definition) is 0. The Morgan fingerprint density at radius 3 is 2.83 bits per heavy atom. The van der Waals surface area contributed by atoms with Crippen LogP contribution in [0.3, 0.4) is 0 Å². The third-order valence-corrected chi connectivity index (χ3v) is 3.44. The molecular weight excluding hydrogens is 230 g/mol. The van der Waals surface area contributed by atoms with E-state index in [2.05, 4.69) is 11.1 Å². The van der Waals surface area contributed by atoms with Gasteiger partial charge in [-0.05, 0) is 12.8 Å². The van der Waals surface area contributed by atoms with Gasteiger partial charge in [0.1, 0.15) is 12.4 Å². The molecule has 5 heteroatoms. The summed E-state index contributed by atoms with van der Waals surface area (Å²) in [4.78, 5) is 4.65. The molecule has 2 aliphatic rings. The van der Waals surface area contributed by atoms with Gasteiger partial charge < -0.3 is 14.0 Å². The van der Waals surface area contributed by atoms with E-state index in [1.165, 1.54) is 12.8 Å². The van der Waals surface area contributed by atoms with Crippen molar-refractivity contribution in [3.05, 3.63) is 18.0 Å². The number of ether oxygens (including phenoxy) is 2. The van der Waals surface area contributed by atoms with Gasteiger partial charge in [0.15, 0.2) is 11.5 Å². The second-order valence-corrected chi connectivity index (χ2v) is 4.68. The van der Waals surface area contributed by atoms with Crippen LogP contribution in [0.2, 0.25) is 0 Å². The van der Waals surface area contributed by atoms with E-state index in [1.807, 2.05) is 16.7 Å². The molecule has 1 aromatic heterocycles. The van der Waals surface area contributed by atoms with Gasteiger partial charge in [0, 0.05) is 18.1 Å². The maximum absolute atomic E-state index is 8.96. The van der Waals surface area contributed by atoms with Crippen molar-refractivity contribution < 1.29 is 9.47 Å². The molecule has 0 bridgehead atoms. The predicted octanol–water partition coefficient (Wildman–Crippen LogP) is 2.17. The molecule has 4 rings (SSSR count). The third-order valence-electron chi connectivity index (χ3n) is 3.44. The molecule has 1 fully saturated rings. The van der Waals surface area contributed by atoms with Gasteiger partial charge in [-0.1, -0.05) is 0 Å². The predicted molar refractivity (Wildman–Crippen MR) is 63.4 cm³/mol. The van der Waals surface area contributed by atoms with Crippen molar-refractivity contribution in [3.8, 4) is 17.6 Å². The van der Waals surface area contributed by atoms with Crippen molar-refractivity contribution in [2.24, 2.45) is 0 Å². The molecule has 5 nitrogen and oxygen atoms in total. The van der Waals surface area contributed by atoms with Gasteiger partial charge in [-0.3, -0.25) is 0 Å². The van der Waals surface area contributed by atoms with Crippen molar-refractivity contribution in [2.75, 3.05) is 6.79 Å². The zero-order valence-corrected chi connectivity index (χ0v) is 9.72. The molecule has 1 aromatic carbocycles. The molecular formula is C13H11N3O2. The maximum Gasteiger partial charge on any atom is 0.231 e. The van der Waals surface area contributed by atoms with Crippen LogP contribution in [0.15, 0.2) is 12.1 Å². The van der Waals surface area contributed by atoms with Gasteiger partial charge in [0.25, 0.3) is 0 Å². The average molecular weight is 241 g/mol. The molecule has 1 aliphatic carbocycles. The van der Waals surface area contributed by atoms with E-state index in [0.29, 0.717) is 12.5 Å². The summed E-state index contributed by atoms with van der Waals surface area (Å²) in [7, 11) is 0. The zero-order chi connectivity index (χ0) is 12.1. The molecule has 2 heterocycles. The van der Waals surface area contributed by atoms with Crippen molar-refractivity contribution >= 4 is 11.0 Å². The highest BCUT2D eigenvalue weighted by molar-refractivity contribution is 5.81. The van der Waals surface area contributed by atoms with Gasteiger partial charge >= 0.3 is 0 Å². The molecule has 0 spiro atoms. The highest BCUT2D eigenvalue weighted by atomic mass is 16.7. The number of nitriles is 1. The molecule has 90 valence electrons. The van der Waals surface area contributed by atoms with E-state index in [1.54, 1.807) is 0 Å². The van der Waals surface area contributed by atoms with Crippen LogP contribution in [0.4, 0.5) is 0 Å². The zero-order valence-electron chi connectivity index (χ0n) is 9.72. The smallest absolute Gasteiger partial charge is 0.231 e. The fraction of sp³-hybridized carbons (Fsp3) is 0.385. The van der Waals surface area contributed by atoms with Crippen LogP contribution in [0.5, 0.6) is 11.5 Å². The Balaban J connectivity index is 1.97. The first-order valence-corrected chi connectivity index (χ1v) is 6.03. The van der Waals surface area contributed by atoms with Crippen LogP contribution in [0.25, 0.3) is 11.0 Å². The molecule has 0 amide bonds.